The van der Waals surface area contributed by atoms with Crippen LogP contribution in [0, 0.1) is 6.92 Å². The van der Waals surface area contributed by atoms with Crippen molar-refractivity contribution in [1.82, 2.24) is 14.5 Å². The van der Waals surface area contributed by atoms with E-state index < -0.39 is 0 Å². The fourth-order valence-corrected chi connectivity index (χ4v) is 2.64. The molecule has 2 heterocycles. The van der Waals surface area contributed by atoms with Gasteiger partial charge in [-0.15, -0.1) is 0 Å². The molecule has 0 aliphatic heterocycles. The van der Waals surface area contributed by atoms with Gasteiger partial charge in [0.05, 0.1) is 33.2 Å². The highest BCUT2D eigenvalue weighted by molar-refractivity contribution is 6.05. The lowest BCUT2D eigenvalue weighted by molar-refractivity contribution is 0.102. The maximum absolute atomic E-state index is 12.6. The summed E-state index contributed by atoms with van der Waals surface area (Å²) in [6.45, 7) is 1.89. The maximum atomic E-state index is 12.6. The second-order valence-corrected chi connectivity index (χ2v) is 5.62. The van der Waals surface area contributed by atoms with Crippen LogP contribution in [0.3, 0.4) is 0 Å². The molecular formula is C19H20N4O4. The molecule has 0 radical (unpaired) electrons. The highest BCUT2D eigenvalue weighted by Gasteiger charge is 2.17. The van der Waals surface area contributed by atoms with Crippen LogP contribution in [0.25, 0.3) is 5.82 Å². The van der Waals surface area contributed by atoms with Gasteiger partial charge in [-0.3, -0.25) is 9.36 Å². The number of aryl methyl sites for hydroxylation is 1. The highest BCUT2D eigenvalue weighted by atomic mass is 16.5. The zero-order valence-electron chi connectivity index (χ0n) is 15.5. The first-order valence-electron chi connectivity index (χ1n) is 8.15. The van der Waals surface area contributed by atoms with E-state index in [-0.39, 0.29) is 5.91 Å². The number of ether oxygens (including phenoxy) is 3. The predicted octanol–water partition coefficient (Wildman–Crippen LogP) is 2.85. The molecule has 3 aromatic rings. The third-order valence-electron chi connectivity index (χ3n) is 4.01. The van der Waals surface area contributed by atoms with E-state index in [2.05, 4.69) is 15.3 Å². The summed E-state index contributed by atoms with van der Waals surface area (Å²) < 4.78 is 17.7. The van der Waals surface area contributed by atoms with Crippen LogP contribution in [0.15, 0.2) is 42.9 Å². The Bertz CT molecular complexity index is 926. The molecule has 0 bridgehead atoms. The second kappa shape index (κ2) is 7.77. The number of hydrogen-bond acceptors (Lipinski definition) is 6. The minimum atomic E-state index is -0.317. The molecule has 8 heteroatoms. The number of imidazole rings is 1. The Kier molecular flexibility index (Phi) is 5.25. The molecule has 140 valence electrons. The predicted molar refractivity (Wildman–Crippen MR) is 100 cm³/mol. The number of carbonyl (C=O) groups excluding carboxylic acids is 1. The first-order chi connectivity index (χ1) is 13.1. The van der Waals surface area contributed by atoms with Gasteiger partial charge in [0.15, 0.2) is 11.5 Å². The van der Waals surface area contributed by atoms with Gasteiger partial charge in [0.2, 0.25) is 5.75 Å². The third kappa shape index (κ3) is 3.69. The minimum absolute atomic E-state index is 0.317. The number of aromatic nitrogens is 3. The standard InChI is InChI=1S/C19H20N4O4/c1-12-20-7-8-23(12)17-6-5-14(11-21-17)22-19(24)13-9-15(25-2)18(27-4)16(10-13)26-3/h5-11H,1-4H3,(H,22,24). The molecule has 0 spiro atoms. The summed E-state index contributed by atoms with van der Waals surface area (Å²) in [6, 6.07) is 6.76. The molecule has 27 heavy (non-hydrogen) atoms. The van der Waals surface area contributed by atoms with Crippen molar-refractivity contribution in [3.63, 3.8) is 0 Å². The van der Waals surface area contributed by atoms with Crippen molar-refractivity contribution >= 4 is 11.6 Å². The number of pyridine rings is 1. The maximum Gasteiger partial charge on any atom is 0.255 e. The number of amides is 1. The molecule has 2 aromatic heterocycles. The SMILES string of the molecule is COc1cc(C(=O)Nc2ccc(-n3ccnc3C)nc2)cc(OC)c1OC. The van der Waals surface area contributed by atoms with Crippen LogP contribution < -0.4 is 19.5 Å². The summed E-state index contributed by atoms with van der Waals surface area (Å²) in [7, 11) is 4.51. The quantitative estimate of drug-likeness (QED) is 0.720. The van der Waals surface area contributed by atoms with Crippen LogP contribution in [-0.2, 0) is 0 Å². The Balaban J connectivity index is 1.82. The highest BCUT2D eigenvalue weighted by Crippen LogP contribution is 2.38. The first-order valence-corrected chi connectivity index (χ1v) is 8.15. The average molecular weight is 368 g/mol. The number of rotatable bonds is 6. The summed E-state index contributed by atoms with van der Waals surface area (Å²) in [6.07, 6.45) is 5.12. The molecular weight excluding hydrogens is 348 g/mol. The van der Waals surface area contributed by atoms with E-state index in [9.17, 15) is 4.79 Å². The summed E-state index contributed by atoms with van der Waals surface area (Å²) in [5.41, 5.74) is 0.939. The van der Waals surface area contributed by atoms with Gasteiger partial charge in [-0.2, -0.15) is 0 Å². The van der Waals surface area contributed by atoms with Crippen molar-refractivity contribution in [2.24, 2.45) is 0 Å². The first kappa shape index (κ1) is 18.2. The van der Waals surface area contributed by atoms with E-state index in [4.69, 9.17) is 14.2 Å². The van der Waals surface area contributed by atoms with E-state index in [0.717, 1.165) is 11.6 Å². The molecule has 0 saturated carbocycles. The molecule has 0 atom stereocenters. The van der Waals surface area contributed by atoms with Crippen LogP contribution in [0.1, 0.15) is 16.2 Å². The number of anilines is 1. The number of nitrogens with zero attached hydrogens (tertiary/aromatic N) is 3. The number of hydrogen-bond donors (Lipinski definition) is 1. The lowest BCUT2D eigenvalue weighted by atomic mass is 10.1. The summed E-state index contributed by atoms with van der Waals surface area (Å²) >= 11 is 0. The normalized spacial score (nSPS) is 10.4. The number of nitrogens with one attached hydrogen (secondary N) is 1. The smallest absolute Gasteiger partial charge is 0.255 e. The van der Waals surface area contributed by atoms with Gasteiger partial charge in [0, 0.05) is 18.0 Å². The number of methoxy groups -OCH3 is 3. The molecule has 1 amide bonds. The van der Waals surface area contributed by atoms with Crippen LogP contribution in [0.2, 0.25) is 0 Å². The van der Waals surface area contributed by atoms with Crippen LogP contribution in [-0.4, -0.2) is 41.8 Å². The molecule has 8 nitrogen and oxygen atoms in total. The zero-order chi connectivity index (χ0) is 19.4. The average Bonchev–Trinajstić information content (AvgIpc) is 3.13. The molecule has 0 saturated heterocycles. The van der Waals surface area contributed by atoms with E-state index in [1.54, 1.807) is 36.7 Å². The largest absolute Gasteiger partial charge is 0.493 e. The van der Waals surface area contributed by atoms with Crippen molar-refractivity contribution in [3.05, 3.63) is 54.2 Å². The Labute approximate surface area is 156 Å². The lowest BCUT2D eigenvalue weighted by Gasteiger charge is -2.14. The van der Waals surface area contributed by atoms with Crippen LogP contribution in [0.5, 0.6) is 17.2 Å². The molecule has 0 aliphatic carbocycles. The molecule has 1 aromatic carbocycles. The van der Waals surface area contributed by atoms with Crippen molar-refractivity contribution < 1.29 is 19.0 Å². The molecule has 1 N–H and O–H groups in total. The summed E-state index contributed by atoms with van der Waals surface area (Å²) in [4.78, 5) is 21.1. The van der Waals surface area contributed by atoms with Crippen LogP contribution in [0.4, 0.5) is 5.69 Å². The third-order valence-corrected chi connectivity index (χ3v) is 4.01. The molecule has 0 aliphatic rings. The Morgan fingerprint density at radius 1 is 1.04 bits per heavy atom. The van der Waals surface area contributed by atoms with Gasteiger partial charge in [0.1, 0.15) is 11.6 Å². The van der Waals surface area contributed by atoms with E-state index in [0.29, 0.717) is 28.5 Å². The minimum Gasteiger partial charge on any atom is -0.493 e. The fourth-order valence-electron chi connectivity index (χ4n) is 2.64. The molecule has 0 unspecified atom stereocenters. The Hall–Kier alpha value is -3.55. The fraction of sp³-hybridized carbons (Fsp3) is 0.211. The van der Waals surface area contributed by atoms with Gasteiger partial charge in [-0.05, 0) is 31.2 Å². The van der Waals surface area contributed by atoms with Gasteiger partial charge < -0.3 is 19.5 Å². The van der Waals surface area contributed by atoms with Gasteiger partial charge in [-0.25, -0.2) is 9.97 Å². The summed E-state index contributed by atoms with van der Waals surface area (Å²) in [5, 5.41) is 2.81. The second-order valence-electron chi connectivity index (χ2n) is 5.62. The van der Waals surface area contributed by atoms with Gasteiger partial charge in [0.25, 0.3) is 5.91 Å². The number of carbonyl (C=O) groups is 1. The monoisotopic (exact) mass is 368 g/mol. The molecule has 3 rings (SSSR count). The van der Waals surface area contributed by atoms with Crippen molar-refractivity contribution in [3.8, 4) is 23.1 Å². The Morgan fingerprint density at radius 2 is 1.74 bits per heavy atom. The van der Waals surface area contributed by atoms with Crippen LogP contribution >= 0.6 is 0 Å². The van der Waals surface area contributed by atoms with E-state index >= 15 is 0 Å². The Morgan fingerprint density at radius 3 is 2.22 bits per heavy atom. The topological polar surface area (TPSA) is 87.5 Å². The van der Waals surface area contributed by atoms with Gasteiger partial charge >= 0.3 is 0 Å². The summed E-state index contributed by atoms with van der Waals surface area (Å²) in [5.74, 6) is 2.48. The van der Waals surface area contributed by atoms with Gasteiger partial charge in [-0.1, -0.05) is 0 Å². The molecule has 0 fully saturated rings. The van der Waals surface area contributed by atoms with Crippen molar-refractivity contribution in [2.45, 2.75) is 6.92 Å². The lowest BCUT2D eigenvalue weighted by Crippen LogP contribution is -2.13. The number of benzene rings is 1. The van der Waals surface area contributed by atoms with E-state index in [1.165, 1.54) is 21.3 Å². The van der Waals surface area contributed by atoms with E-state index in [1.807, 2.05) is 17.7 Å². The van der Waals surface area contributed by atoms with Crippen molar-refractivity contribution in [1.29, 1.82) is 0 Å². The van der Waals surface area contributed by atoms with Crippen molar-refractivity contribution in [2.75, 3.05) is 26.6 Å². The zero-order valence-corrected chi connectivity index (χ0v) is 15.5.